The smallest absolute Gasteiger partial charge is 0.393 e. The fourth-order valence-electron chi connectivity index (χ4n) is 3.14. The highest BCUT2D eigenvalue weighted by molar-refractivity contribution is 7.86. The Bertz CT molecular complexity index is 1310. The van der Waals surface area contributed by atoms with Crippen molar-refractivity contribution < 1.29 is 27.3 Å². The molecule has 0 fully saturated rings. The van der Waals surface area contributed by atoms with Crippen molar-refractivity contribution in [3.8, 4) is 23.3 Å². The van der Waals surface area contributed by atoms with Crippen molar-refractivity contribution in [2.24, 2.45) is 11.5 Å². The van der Waals surface area contributed by atoms with Crippen LogP contribution in [0.4, 0.5) is 0 Å². The molecule has 0 aliphatic rings. The van der Waals surface area contributed by atoms with Crippen molar-refractivity contribution in [3.05, 3.63) is 41.7 Å². The molecule has 3 aromatic rings. The summed E-state index contributed by atoms with van der Waals surface area (Å²) in [5, 5.41) is 9.74. The number of pyridine rings is 1. The van der Waals surface area contributed by atoms with Crippen LogP contribution in [0, 0.1) is 18.3 Å². The first-order valence-electron chi connectivity index (χ1n) is 11.4. The summed E-state index contributed by atoms with van der Waals surface area (Å²) >= 11 is 1.33. The number of nitrogens with zero attached hydrogens (tertiary/aromatic N) is 2. The van der Waals surface area contributed by atoms with Crippen LogP contribution in [0.5, 0.6) is 17.2 Å². The first kappa shape index (κ1) is 29.0. The van der Waals surface area contributed by atoms with Crippen LogP contribution in [0.1, 0.15) is 24.1 Å². The van der Waals surface area contributed by atoms with E-state index in [4.69, 9.17) is 35.3 Å². The molecule has 200 valence electrons. The molecule has 0 bridgehead atoms. The summed E-state index contributed by atoms with van der Waals surface area (Å²) in [6.07, 6.45) is 2.35. The van der Waals surface area contributed by atoms with Gasteiger partial charge in [-0.15, -0.1) is 11.3 Å². The van der Waals surface area contributed by atoms with E-state index in [1.54, 1.807) is 0 Å². The summed E-state index contributed by atoms with van der Waals surface area (Å²) in [4.78, 5) is 3.88. The standard InChI is InChI=1S/C23H30N5O6PS2/c1-16-19-11-20(32-9-3-7-24)21(33-10-4-8-25)12-22(19)36-23(16)37(30)28-15-35(29,31-2)34-18-6-5-17(13-26)27-14-18/h5-6,11-12,14,28H,3-4,7-10,15,24-25H2,1-2H3. The van der Waals surface area contributed by atoms with E-state index in [0.717, 1.165) is 15.6 Å². The molecular formula is C23H30N5O6PS2. The minimum Gasteiger partial charge on any atom is -0.490 e. The number of aryl methyl sites for hydroxylation is 1. The van der Waals surface area contributed by atoms with Crippen LogP contribution in [0.25, 0.3) is 10.1 Å². The predicted molar refractivity (Wildman–Crippen MR) is 144 cm³/mol. The summed E-state index contributed by atoms with van der Waals surface area (Å²) in [7, 11) is -4.16. The van der Waals surface area contributed by atoms with Gasteiger partial charge < -0.3 is 30.0 Å². The van der Waals surface area contributed by atoms with Crippen LogP contribution in [-0.4, -0.2) is 48.9 Å². The quantitative estimate of drug-likeness (QED) is 0.182. The molecule has 2 heterocycles. The zero-order valence-corrected chi connectivity index (χ0v) is 23.1. The lowest BCUT2D eigenvalue weighted by atomic mass is 10.2. The van der Waals surface area contributed by atoms with Gasteiger partial charge in [-0.05, 0) is 56.6 Å². The number of hydrogen-bond acceptors (Lipinski definition) is 11. The Morgan fingerprint density at radius 2 is 1.84 bits per heavy atom. The summed E-state index contributed by atoms with van der Waals surface area (Å²) in [6.45, 7) is 3.77. The Kier molecular flexibility index (Phi) is 10.8. The molecule has 0 saturated carbocycles. The summed E-state index contributed by atoms with van der Waals surface area (Å²) in [5.74, 6) is 1.33. The van der Waals surface area contributed by atoms with Gasteiger partial charge in [0.05, 0.1) is 19.4 Å². The van der Waals surface area contributed by atoms with Crippen LogP contribution in [0.15, 0.2) is 34.7 Å². The van der Waals surface area contributed by atoms with Gasteiger partial charge >= 0.3 is 7.60 Å². The SMILES string of the molecule is COP(=O)(CNS(=O)c1sc2cc(OCCCN)c(OCCCN)cc2c1C)Oc1ccc(C#N)nc1. The number of fused-ring (bicyclic) bond motifs is 1. The average Bonchev–Trinajstić information content (AvgIpc) is 3.23. The molecule has 2 aromatic heterocycles. The number of nitrogens with one attached hydrogen (secondary N) is 1. The first-order chi connectivity index (χ1) is 17.8. The molecule has 14 heteroatoms. The summed E-state index contributed by atoms with van der Waals surface area (Å²) < 4.78 is 52.8. The van der Waals surface area contributed by atoms with Crippen LogP contribution in [0.2, 0.25) is 0 Å². The lowest BCUT2D eigenvalue weighted by Gasteiger charge is -2.17. The highest BCUT2D eigenvalue weighted by atomic mass is 32.2. The van der Waals surface area contributed by atoms with Crippen molar-refractivity contribution in [1.82, 2.24) is 9.71 Å². The summed E-state index contributed by atoms with van der Waals surface area (Å²) in [6, 6.07) is 8.53. The molecular weight excluding hydrogens is 537 g/mol. The van der Waals surface area contributed by atoms with E-state index >= 15 is 0 Å². The lowest BCUT2D eigenvalue weighted by Crippen LogP contribution is -2.21. The van der Waals surface area contributed by atoms with E-state index in [9.17, 15) is 8.77 Å². The van der Waals surface area contributed by atoms with E-state index < -0.39 is 18.6 Å². The molecule has 0 radical (unpaired) electrons. The first-order valence-corrected chi connectivity index (χ1v) is 15.1. The number of hydrogen-bond donors (Lipinski definition) is 3. The predicted octanol–water partition coefficient (Wildman–Crippen LogP) is 3.42. The molecule has 0 amide bonds. The molecule has 5 N–H and O–H groups in total. The molecule has 3 rings (SSSR count). The second kappa shape index (κ2) is 13.8. The van der Waals surface area contributed by atoms with E-state index in [-0.39, 0.29) is 17.7 Å². The van der Waals surface area contributed by atoms with Crippen molar-refractivity contribution in [1.29, 1.82) is 5.26 Å². The molecule has 1 aromatic carbocycles. The number of benzene rings is 1. The highest BCUT2D eigenvalue weighted by Gasteiger charge is 2.27. The molecule has 2 atom stereocenters. The van der Waals surface area contributed by atoms with Crippen molar-refractivity contribution in [3.63, 3.8) is 0 Å². The van der Waals surface area contributed by atoms with Gasteiger partial charge in [0.15, 0.2) is 11.5 Å². The zero-order chi connectivity index (χ0) is 26.8. The largest absolute Gasteiger partial charge is 0.490 e. The normalized spacial score (nSPS) is 13.6. The average molecular weight is 568 g/mol. The maximum atomic E-state index is 13.2. The maximum Gasteiger partial charge on any atom is 0.393 e. The van der Waals surface area contributed by atoms with Gasteiger partial charge in [-0.3, -0.25) is 0 Å². The molecule has 0 spiro atoms. The van der Waals surface area contributed by atoms with E-state index in [1.165, 1.54) is 36.8 Å². The van der Waals surface area contributed by atoms with Gasteiger partial charge in [-0.1, -0.05) is 0 Å². The molecule has 2 unspecified atom stereocenters. The molecule has 37 heavy (non-hydrogen) atoms. The maximum absolute atomic E-state index is 13.2. The van der Waals surface area contributed by atoms with E-state index in [0.29, 0.717) is 54.9 Å². The third kappa shape index (κ3) is 7.72. The van der Waals surface area contributed by atoms with E-state index in [1.807, 2.05) is 25.1 Å². The van der Waals surface area contributed by atoms with Crippen LogP contribution in [0.3, 0.4) is 0 Å². The third-order valence-corrected chi connectivity index (χ3v) is 9.71. The zero-order valence-electron chi connectivity index (χ0n) is 20.6. The van der Waals surface area contributed by atoms with Gasteiger partial charge in [0, 0.05) is 23.3 Å². The Labute approximate surface area is 222 Å². The number of nitrogens with two attached hydrogens (primary N) is 2. The fraction of sp³-hybridized carbons (Fsp3) is 0.391. The van der Waals surface area contributed by atoms with Crippen molar-refractivity contribution >= 4 is 40.0 Å². The summed E-state index contributed by atoms with van der Waals surface area (Å²) in [5.41, 5.74) is 12.2. The minimum atomic E-state index is -3.70. The number of ether oxygens (including phenoxy) is 2. The molecule has 0 aliphatic carbocycles. The van der Waals surface area contributed by atoms with Gasteiger partial charge in [0.1, 0.15) is 39.0 Å². The Balaban J connectivity index is 1.78. The number of aromatic nitrogens is 1. The third-order valence-electron chi connectivity index (χ3n) is 5.10. The second-order valence-corrected chi connectivity index (χ2v) is 12.4. The Morgan fingerprint density at radius 3 is 2.41 bits per heavy atom. The van der Waals surface area contributed by atoms with Gasteiger partial charge in [-0.2, -0.15) is 5.26 Å². The fourth-order valence-corrected chi connectivity index (χ4v) is 7.15. The molecule has 0 saturated heterocycles. The second-order valence-electron chi connectivity index (χ2n) is 7.74. The van der Waals surface area contributed by atoms with Crippen molar-refractivity contribution in [2.75, 3.05) is 39.7 Å². The Morgan fingerprint density at radius 1 is 1.16 bits per heavy atom. The number of rotatable bonds is 15. The van der Waals surface area contributed by atoms with Crippen LogP contribution in [-0.2, 0) is 20.1 Å². The minimum absolute atomic E-state index is 0.166. The Hall–Kier alpha value is -2.56. The number of nitriles is 1. The topological polar surface area (TPSA) is 172 Å². The highest BCUT2D eigenvalue weighted by Crippen LogP contribution is 2.47. The monoisotopic (exact) mass is 567 g/mol. The number of thiophene rings is 1. The van der Waals surface area contributed by atoms with Gasteiger partial charge in [0.2, 0.25) is 0 Å². The molecule has 0 aliphatic heterocycles. The van der Waals surface area contributed by atoms with Crippen LogP contribution >= 0.6 is 18.9 Å². The van der Waals surface area contributed by atoms with Gasteiger partial charge in [-0.25, -0.2) is 18.5 Å². The van der Waals surface area contributed by atoms with Gasteiger partial charge in [0.25, 0.3) is 0 Å². The van der Waals surface area contributed by atoms with Crippen molar-refractivity contribution in [2.45, 2.75) is 24.0 Å². The molecule has 11 nitrogen and oxygen atoms in total. The lowest BCUT2D eigenvalue weighted by molar-refractivity contribution is 0.266. The van der Waals surface area contributed by atoms with Crippen LogP contribution < -0.4 is 30.2 Å². The van der Waals surface area contributed by atoms with E-state index in [2.05, 4.69) is 9.71 Å².